The van der Waals surface area contributed by atoms with Crippen molar-refractivity contribution in [3.63, 3.8) is 0 Å². The van der Waals surface area contributed by atoms with Crippen molar-refractivity contribution in [2.24, 2.45) is 0 Å². The van der Waals surface area contributed by atoms with Crippen LogP contribution in [-0.2, 0) is 32.6 Å². The lowest BCUT2D eigenvalue weighted by Gasteiger charge is -2.33. The molecule has 0 aromatic heterocycles. The summed E-state index contributed by atoms with van der Waals surface area (Å²) < 4.78 is 40.9. The Hall–Kier alpha value is -3.24. The molecule has 0 radical (unpaired) electrons. The van der Waals surface area contributed by atoms with E-state index in [4.69, 9.17) is 0 Å². The van der Waals surface area contributed by atoms with Gasteiger partial charge in [0.2, 0.25) is 21.8 Å². The molecule has 2 amide bonds. The van der Waals surface area contributed by atoms with E-state index in [9.17, 15) is 22.4 Å². The number of hydrogen-bond donors (Lipinski definition) is 1. The average molecular weight is 619 g/mol. The molecule has 0 saturated heterocycles. The zero-order chi connectivity index (χ0) is 28.4. The molecule has 1 atom stereocenters. The molecule has 39 heavy (non-hydrogen) atoms. The monoisotopic (exact) mass is 617 g/mol. The molecule has 0 aliphatic heterocycles. The maximum absolute atomic E-state index is 13.9. The van der Waals surface area contributed by atoms with Gasteiger partial charge in [-0.15, -0.1) is 0 Å². The molecule has 208 valence electrons. The second kappa shape index (κ2) is 14.2. The number of hydrogen-bond acceptors (Lipinski definition) is 4. The van der Waals surface area contributed by atoms with E-state index in [2.05, 4.69) is 21.2 Å². The lowest BCUT2D eigenvalue weighted by Crippen LogP contribution is -2.53. The van der Waals surface area contributed by atoms with Gasteiger partial charge in [0.25, 0.3) is 0 Å². The van der Waals surface area contributed by atoms with Crippen LogP contribution in [0.4, 0.5) is 10.1 Å². The van der Waals surface area contributed by atoms with Crippen LogP contribution in [0.5, 0.6) is 0 Å². The summed E-state index contributed by atoms with van der Waals surface area (Å²) in [6.07, 6.45) is 2.92. The summed E-state index contributed by atoms with van der Waals surface area (Å²) in [5, 5.41) is 2.93. The fourth-order valence-electron chi connectivity index (χ4n) is 4.09. The Balaban J connectivity index is 2.02. The Kier molecular flexibility index (Phi) is 11.1. The number of amides is 2. The van der Waals surface area contributed by atoms with Crippen LogP contribution >= 0.6 is 15.9 Å². The summed E-state index contributed by atoms with van der Waals surface area (Å²) in [7, 11) is -3.85. The highest BCUT2D eigenvalue weighted by Crippen LogP contribution is 2.23. The van der Waals surface area contributed by atoms with Gasteiger partial charge in [0.15, 0.2) is 0 Å². The zero-order valence-electron chi connectivity index (χ0n) is 22.0. The maximum atomic E-state index is 13.9. The van der Waals surface area contributed by atoms with Gasteiger partial charge in [-0.2, -0.15) is 0 Å². The normalized spacial score (nSPS) is 12.0. The van der Waals surface area contributed by atoms with Gasteiger partial charge in [-0.05, 0) is 47.9 Å². The molecular weight excluding hydrogens is 585 g/mol. The van der Waals surface area contributed by atoms with Crippen LogP contribution < -0.4 is 9.62 Å². The van der Waals surface area contributed by atoms with Gasteiger partial charge < -0.3 is 10.2 Å². The van der Waals surface area contributed by atoms with Crippen molar-refractivity contribution in [2.45, 2.75) is 38.8 Å². The molecule has 7 nitrogen and oxygen atoms in total. The highest BCUT2D eigenvalue weighted by atomic mass is 79.9. The maximum Gasteiger partial charge on any atom is 0.244 e. The molecule has 3 aromatic rings. The minimum atomic E-state index is -3.85. The number of unbranched alkanes of at least 4 members (excludes halogenated alkanes) is 1. The first-order valence-corrected chi connectivity index (χ1v) is 15.3. The molecule has 0 bridgehead atoms. The first-order chi connectivity index (χ1) is 18.6. The number of anilines is 1. The number of rotatable bonds is 13. The van der Waals surface area contributed by atoms with E-state index in [1.54, 1.807) is 36.4 Å². The van der Waals surface area contributed by atoms with Gasteiger partial charge in [-0.1, -0.05) is 77.8 Å². The van der Waals surface area contributed by atoms with Crippen molar-refractivity contribution in [3.05, 3.63) is 100 Å². The highest BCUT2D eigenvalue weighted by Gasteiger charge is 2.33. The van der Waals surface area contributed by atoms with Crippen molar-refractivity contribution < 1.29 is 22.4 Å². The van der Waals surface area contributed by atoms with E-state index in [-0.39, 0.29) is 18.9 Å². The molecule has 0 aliphatic carbocycles. The van der Waals surface area contributed by atoms with Gasteiger partial charge in [0.05, 0.1) is 11.9 Å². The van der Waals surface area contributed by atoms with Crippen LogP contribution in [0, 0.1) is 5.82 Å². The predicted molar refractivity (Wildman–Crippen MR) is 155 cm³/mol. The van der Waals surface area contributed by atoms with Crippen molar-refractivity contribution in [1.29, 1.82) is 0 Å². The van der Waals surface area contributed by atoms with E-state index in [0.29, 0.717) is 22.3 Å². The summed E-state index contributed by atoms with van der Waals surface area (Å²) in [5.41, 5.74) is 1.77. The van der Waals surface area contributed by atoms with Gasteiger partial charge in [-0.25, -0.2) is 12.8 Å². The van der Waals surface area contributed by atoms with E-state index in [1.807, 2.05) is 37.3 Å². The predicted octanol–water partition coefficient (Wildman–Crippen LogP) is 4.91. The topological polar surface area (TPSA) is 86.8 Å². The largest absolute Gasteiger partial charge is 0.354 e. The molecule has 3 aromatic carbocycles. The number of carbonyl (C=O) groups excluding carboxylic acids is 2. The van der Waals surface area contributed by atoms with Crippen molar-refractivity contribution >= 4 is 43.5 Å². The summed E-state index contributed by atoms with van der Waals surface area (Å²) >= 11 is 3.35. The molecule has 0 spiro atoms. The van der Waals surface area contributed by atoms with E-state index in [0.717, 1.165) is 29.0 Å². The molecule has 0 unspecified atom stereocenters. The summed E-state index contributed by atoms with van der Waals surface area (Å²) in [6.45, 7) is 1.95. The van der Waals surface area contributed by atoms with Gasteiger partial charge >= 0.3 is 0 Å². The smallest absolute Gasteiger partial charge is 0.244 e. The third kappa shape index (κ3) is 9.18. The Bertz CT molecular complexity index is 1350. The lowest BCUT2D eigenvalue weighted by molar-refractivity contribution is -0.140. The minimum Gasteiger partial charge on any atom is -0.354 e. The molecular formula is C29H33BrFN3O4S. The number of nitrogens with zero attached hydrogens (tertiary/aromatic N) is 2. The van der Waals surface area contributed by atoms with Crippen LogP contribution in [0.2, 0.25) is 0 Å². The quantitative estimate of drug-likeness (QED) is 0.276. The second-order valence-corrected chi connectivity index (χ2v) is 12.1. The van der Waals surface area contributed by atoms with Crippen LogP contribution in [-0.4, -0.2) is 50.5 Å². The molecule has 0 fully saturated rings. The van der Waals surface area contributed by atoms with Crippen molar-refractivity contribution in [1.82, 2.24) is 10.2 Å². The molecule has 3 rings (SSSR count). The summed E-state index contributed by atoms with van der Waals surface area (Å²) in [6, 6.07) is 20.7. The van der Waals surface area contributed by atoms with Gasteiger partial charge in [0.1, 0.15) is 18.4 Å². The van der Waals surface area contributed by atoms with Crippen molar-refractivity contribution in [3.8, 4) is 0 Å². The van der Waals surface area contributed by atoms with Crippen LogP contribution in [0.15, 0.2) is 83.3 Å². The Morgan fingerprint density at radius 1 is 0.974 bits per heavy atom. The van der Waals surface area contributed by atoms with Crippen molar-refractivity contribution in [2.75, 3.05) is 23.7 Å². The molecule has 0 heterocycles. The highest BCUT2D eigenvalue weighted by molar-refractivity contribution is 9.10. The standard InChI is InChI=1S/C29H33BrFN3O4S/c1-3-4-17-32-29(36)27(18-22-9-6-5-7-10-22)33(20-23-13-15-25(31)16-14-23)28(35)21-34(39(2,37)38)26-12-8-11-24(30)19-26/h5-16,19,27H,3-4,17-18,20-21H2,1-2H3,(H,32,36)/t27-/m0/s1. The first-order valence-electron chi connectivity index (χ1n) is 12.7. The Labute approximate surface area is 238 Å². The molecule has 0 saturated carbocycles. The third-order valence-electron chi connectivity index (χ3n) is 6.14. The van der Waals surface area contributed by atoms with Gasteiger partial charge in [-0.3, -0.25) is 13.9 Å². The number of halogens is 2. The van der Waals surface area contributed by atoms with E-state index in [1.165, 1.54) is 17.0 Å². The lowest BCUT2D eigenvalue weighted by atomic mass is 10.0. The first kappa shape index (κ1) is 30.3. The van der Waals surface area contributed by atoms with E-state index < -0.39 is 34.3 Å². The number of carbonyl (C=O) groups is 2. The van der Waals surface area contributed by atoms with Gasteiger partial charge in [0, 0.05) is 24.0 Å². The van der Waals surface area contributed by atoms with E-state index >= 15 is 0 Å². The SMILES string of the molecule is CCCCNC(=O)[C@H](Cc1ccccc1)N(Cc1ccc(F)cc1)C(=O)CN(c1cccc(Br)c1)S(C)(=O)=O. The van der Waals surface area contributed by atoms with Crippen LogP contribution in [0.25, 0.3) is 0 Å². The fraction of sp³-hybridized carbons (Fsp3) is 0.310. The Morgan fingerprint density at radius 2 is 1.67 bits per heavy atom. The fourth-order valence-corrected chi connectivity index (χ4v) is 5.32. The van der Waals surface area contributed by atoms with Crippen LogP contribution in [0.3, 0.4) is 0 Å². The number of nitrogens with one attached hydrogen (secondary N) is 1. The average Bonchev–Trinajstić information content (AvgIpc) is 2.90. The molecule has 1 N–H and O–H groups in total. The summed E-state index contributed by atoms with van der Waals surface area (Å²) in [5.74, 6) is -1.32. The summed E-state index contributed by atoms with van der Waals surface area (Å²) in [4.78, 5) is 28.8. The third-order valence-corrected chi connectivity index (χ3v) is 7.78. The molecule has 10 heteroatoms. The molecule has 0 aliphatic rings. The number of benzene rings is 3. The Morgan fingerprint density at radius 3 is 2.28 bits per heavy atom. The second-order valence-electron chi connectivity index (χ2n) is 9.25. The zero-order valence-corrected chi connectivity index (χ0v) is 24.4. The minimum absolute atomic E-state index is 0.00605. The van der Waals surface area contributed by atoms with Crippen LogP contribution in [0.1, 0.15) is 30.9 Å². The number of sulfonamides is 1.